The number of thiazole rings is 1. The molecule has 0 fully saturated rings. The predicted molar refractivity (Wildman–Crippen MR) is 98.5 cm³/mol. The summed E-state index contributed by atoms with van der Waals surface area (Å²) in [7, 11) is -4.39. The van der Waals surface area contributed by atoms with E-state index < -0.39 is 33.5 Å². The lowest BCUT2D eigenvalue weighted by Crippen LogP contribution is -2.34. The number of nitrogens with zero attached hydrogens (tertiary/aromatic N) is 1. The molecule has 1 heterocycles. The minimum absolute atomic E-state index is 0.0102. The number of hydrogen-bond acceptors (Lipinski definition) is 5. The number of carbonyl (C=O) groups excluding carboxylic acids is 1. The summed E-state index contributed by atoms with van der Waals surface area (Å²) in [5.74, 6) is -0.563. The molecule has 0 saturated carbocycles. The Bertz CT molecular complexity index is 1080. The van der Waals surface area contributed by atoms with Crippen molar-refractivity contribution in [3.05, 3.63) is 59.1 Å². The van der Waals surface area contributed by atoms with Crippen molar-refractivity contribution >= 4 is 37.5 Å². The van der Waals surface area contributed by atoms with E-state index in [0.717, 1.165) is 22.3 Å². The van der Waals surface area contributed by atoms with Gasteiger partial charge < -0.3 is 5.32 Å². The standard InChI is InChI=1S/C17H14F3N3O3S2/c18-17(19,20)10-22-28(25,26)12-5-3-4-11(8-12)16(24)21-9-15-23-13-6-1-2-7-14(13)27-15/h1-8,22H,9-10H2,(H,21,24). The van der Waals surface area contributed by atoms with Crippen LogP contribution in [-0.4, -0.2) is 32.0 Å². The van der Waals surface area contributed by atoms with Crippen LogP contribution in [0.3, 0.4) is 0 Å². The molecular formula is C17H14F3N3O3S2. The van der Waals surface area contributed by atoms with Crippen LogP contribution in [0.25, 0.3) is 10.2 Å². The molecular weight excluding hydrogens is 415 g/mol. The first-order chi connectivity index (χ1) is 13.1. The highest BCUT2D eigenvalue weighted by molar-refractivity contribution is 7.89. The second-order valence-corrected chi connectivity index (χ2v) is 8.61. The van der Waals surface area contributed by atoms with Crippen LogP contribution in [0.4, 0.5) is 13.2 Å². The molecule has 3 rings (SSSR count). The highest BCUT2D eigenvalue weighted by atomic mass is 32.2. The molecule has 2 aromatic carbocycles. The second-order valence-electron chi connectivity index (χ2n) is 5.73. The molecule has 0 aliphatic rings. The first-order valence-electron chi connectivity index (χ1n) is 7.93. The Hall–Kier alpha value is -2.50. The number of amides is 1. The van der Waals surface area contributed by atoms with Gasteiger partial charge in [0, 0.05) is 5.56 Å². The summed E-state index contributed by atoms with van der Waals surface area (Å²) < 4.78 is 63.1. The first kappa shape index (κ1) is 20.2. The van der Waals surface area contributed by atoms with Gasteiger partial charge in [0.15, 0.2) is 0 Å². The van der Waals surface area contributed by atoms with Crippen LogP contribution < -0.4 is 10.0 Å². The number of halogens is 3. The number of aromatic nitrogens is 1. The third-order valence-corrected chi connectivity index (χ3v) is 6.04. The van der Waals surface area contributed by atoms with E-state index in [1.165, 1.54) is 28.2 Å². The number of hydrogen-bond donors (Lipinski definition) is 2. The maximum absolute atomic E-state index is 12.3. The maximum atomic E-state index is 12.3. The highest BCUT2D eigenvalue weighted by Gasteiger charge is 2.30. The molecule has 0 aliphatic carbocycles. The second kappa shape index (κ2) is 7.86. The Morgan fingerprint density at radius 3 is 2.57 bits per heavy atom. The molecule has 1 amide bonds. The summed E-state index contributed by atoms with van der Waals surface area (Å²) in [5.41, 5.74) is 0.816. The van der Waals surface area contributed by atoms with Crippen molar-refractivity contribution < 1.29 is 26.4 Å². The zero-order valence-electron chi connectivity index (χ0n) is 14.2. The number of para-hydroxylation sites is 1. The topological polar surface area (TPSA) is 88.2 Å². The van der Waals surface area contributed by atoms with Gasteiger partial charge in [0.25, 0.3) is 5.91 Å². The van der Waals surface area contributed by atoms with Gasteiger partial charge in [0.1, 0.15) is 11.6 Å². The minimum atomic E-state index is -4.68. The van der Waals surface area contributed by atoms with E-state index in [0.29, 0.717) is 5.01 Å². The molecule has 11 heteroatoms. The summed E-state index contributed by atoms with van der Waals surface area (Å²) in [4.78, 5) is 16.2. The van der Waals surface area contributed by atoms with Gasteiger partial charge in [-0.15, -0.1) is 11.3 Å². The zero-order chi connectivity index (χ0) is 20.4. The Labute approximate surface area is 162 Å². The molecule has 0 atom stereocenters. The highest BCUT2D eigenvalue weighted by Crippen LogP contribution is 2.21. The Morgan fingerprint density at radius 1 is 1.11 bits per heavy atom. The molecule has 2 N–H and O–H groups in total. The molecule has 0 spiro atoms. The monoisotopic (exact) mass is 429 g/mol. The maximum Gasteiger partial charge on any atom is 0.402 e. The fraction of sp³-hybridized carbons (Fsp3) is 0.176. The van der Waals surface area contributed by atoms with Gasteiger partial charge in [-0.25, -0.2) is 18.1 Å². The van der Waals surface area contributed by atoms with E-state index in [-0.39, 0.29) is 12.1 Å². The average Bonchev–Trinajstić information content (AvgIpc) is 3.07. The normalized spacial score (nSPS) is 12.2. The van der Waals surface area contributed by atoms with E-state index in [4.69, 9.17) is 0 Å². The summed E-state index contributed by atoms with van der Waals surface area (Å²) in [6.07, 6.45) is -4.68. The van der Waals surface area contributed by atoms with Crippen molar-refractivity contribution in [3.63, 3.8) is 0 Å². The summed E-state index contributed by atoms with van der Waals surface area (Å²) in [6.45, 7) is -1.55. The molecule has 1 aromatic heterocycles. The molecule has 0 unspecified atom stereocenters. The van der Waals surface area contributed by atoms with Gasteiger partial charge in [-0.05, 0) is 30.3 Å². The molecule has 0 radical (unpaired) electrons. The van der Waals surface area contributed by atoms with E-state index in [1.807, 2.05) is 24.3 Å². The van der Waals surface area contributed by atoms with Gasteiger partial charge in [0.2, 0.25) is 10.0 Å². The Morgan fingerprint density at radius 2 is 1.86 bits per heavy atom. The molecule has 0 bridgehead atoms. The number of sulfonamides is 1. The smallest absolute Gasteiger partial charge is 0.346 e. The molecule has 0 saturated heterocycles. The van der Waals surface area contributed by atoms with Crippen LogP contribution in [0.2, 0.25) is 0 Å². The lowest BCUT2D eigenvalue weighted by atomic mass is 10.2. The first-order valence-corrected chi connectivity index (χ1v) is 10.2. The van der Waals surface area contributed by atoms with E-state index in [1.54, 1.807) is 0 Å². The molecule has 3 aromatic rings. The lowest BCUT2D eigenvalue weighted by molar-refractivity contribution is -0.121. The van der Waals surface area contributed by atoms with Gasteiger partial charge in [0.05, 0.1) is 21.7 Å². The Kier molecular flexibility index (Phi) is 5.68. The van der Waals surface area contributed by atoms with Crippen LogP contribution in [0, 0.1) is 0 Å². The van der Waals surface area contributed by atoms with Crippen molar-refractivity contribution in [2.75, 3.05) is 6.54 Å². The Balaban J connectivity index is 1.69. The van der Waals surface area contributed by atoms with Crippen LogP contribution in [0.5, 0.6) is 0 Å². The van der Waals surface area contributed by atoms with Gasteiger partial charge in [-0.2, -0.15) is 13.2 Å². The molecule has 28 heavy (non-hydrogen) atoms. The zero-order valence-corrected chi connectivity index (χ0v) is 15.8. The van der Waals surface area contributed by atoms with Crippen molar-refractivity contribution in [3.8, 4) is 0 Å². The fourth-order valence-corrected chi connectivity index (χ4v) is 4.29. The van der Waals surface area contributed by atoms with Crippen LogP contribution in [0.1, 0.15) is 15.4 Å². The largest absolute Gasteiger partial charge is 0.402 e. The quantitative estimate of drug-likeness (QED) is 0.631. The minimum Gasteiger partial charge on any atom is -0.346 e. The van der Waals surface area contributed by atoms with E-state index in [2.05, 4.69) is 10.3 Å². The van der Waals surface area contributed by atoms with Crippen LogP contribution in [0.15, 0.2) is 53.4 Å². The van der Waals surface area contributed by atoms with Crippen LogP contribution >= 0.6 is 11.3 Å². The molecule has 0 aliphatic heterocycles. The van der Waals surface area contributed by atoms with Crippen molar-refractivity contribution in [1.29, 1.82) is 0 Å². The summed E-state index contributed by atoms with van der Waals surface area (Å²) in [5, 5.41) is 3.30. The summed E-state index contributed by atoms with van der Waals surface area (Å²) >= 11 is 1.41. The predicted octanol–water partition coefficient (Wildman–Crippen LogP) is 3.07. The molecule has 6 nitrogen and oxygen atoms in total. The average molecular weight is 429 g/mol. The lowest BCUT2D eigenvalue weighted by Gasteiger charge is -2.10. The van der Waals surface area contributed by atoms with Gasteiger partial charge >= 0.3 is 6.18 Å². The van der Waals surface area contributed by atoms with E-state index >= 15 is 0 Å². The van der Waals surface area contributed by atoms with Gasteiger partial charge in [-0.3, -0.25) is 4.79 Å². The number of alkyl halides is 3. The van der Waals surface area contributed by atoms with Crippen LogP contribution in [-0.2, 0) is 16.6 Å². The van der Waals surface area contributed by atoms with Crippen molar-refractivity contribution in [2.24, 2.45) is 0 Å². The van der Waals surface area contributed by atoms with Crippen molar-refractivity contribution in [2.45, 2.75) is 17.6 Å². The van der Waals surface area contributed by atoms with Crippen molar-refractivity contribution in [1.82, 2.24) is 15.0 Å². The van der Waals surface area contributed by atoms with Gasteiger partial charge in [-0.1, -0.05) is 18.2 Å². The number of benzene rings is 2. The third kappa shape index (κ3) is 5.06. The number of nitrogens with one attached hydrogen (secondary N) is 2. The number of fused-ring (bicyclic) bond motifs is 1. The fourth-order valence-electron chi connectivity index (χ4n) is 2.32. The van der Waals surface area contributed by atoms with E-state index in [9.17, 15) is 26.4 Å². The summed E-state index contributed by atoms with van der Waals surface area (Å²) in [6, 6.07) is 12.3. The number of carbonyl (C=O) groups is 1. The third-order valence-electron chi connectivity index (χ3n) is 3.61. The number of rotatable bonds is 6. The molecule has 148 valence electrons. The SMILES string of the molecule is O=C(NCc1nc2ccccc2s1)c1cccc(S(=O)(=O)NCC(F)(F)F)c1.